The molecule has 1 N–H and O–H groups in total. The molecule has 5 heteroatoms. The highest BCUT2D eigenvalue weighted by molar-refractivity contribution is 7.71. The molecule has 0 aliphatic carbocycles. The first-order valence-electron chi connectivity index (χ1n) is 5.29. The minimum atomic E-state index is 0.636. The highest BCUT2D eigenvalue weighted by Crippen LogP contribution is 2.19. The van der Waals surface area contributed by atoms with E-state index in [0.29, 0.717) is 4.64 Å². The molecule has 0 unspecified atom stereocenters. The fourth-order valence-electron chi connectivity index (χ4n) is 1.61. The van der Waals surface area contributed by atoms with Crippen molar-refractivity contribution < 1.29 is 0 Å². The summed E-state index contributed by atoms with van der Waals surface area (Å²) in [6.45, 7) is 5.04. The largest absolute Gasteiger partial charge is 0.345 e. The van der Waals surface area contributed by atoms with Gasteiger partial charge in [0, 0.05) is 23.9 Å². The third-order valence-corrected chi connectivity index (χ3v) is 2.87. The summed E-state index contributed by atoms with van der Waals surface area (Å²) in [6, 6.07) is 0. The molecular formula is C11H14N4S. The van der Waals surface area contributed by atoms with E-state index in [4.69, 9.17) is 12.2 Å². The first kappa shape index (κ1) is 11.0. The number of aromatic amines is 1. The Balaban J connectivity index is 2.42. The molecule has 0 aromatic carbocycles. The van der Waals surface area contributed by atoms with Crippen LogP contribution in [0.15, 0.2) is 18.7 Å². The standard InChI is InChI=1S/C11H14N4S/c1-3-4-15-6-9(5-14-15)10-8(2)11(16)13-7-12-10/h5-7H,3-4H2,1-2H3,(H,12,13,16). The molecule has 2 rings (SSSR count). The zero-order valence-corrected chi connectivity index (χ0v) is 10.2. The van der Waals surface area contributed by atoms with E-state index in [1.54, 1.807) is 6.33 Å². The summed E-state index contributed by atoms with van der Waals surface area (Å²) in [6.07, 6.45) is 6.58. The van der Waals surface area contributed by atoms with E-state index in [1.807, 2.05) is 24.0 Å². The Morgan fingerprint density at radius 3 is 3.06 bits per heavy atom. The molecule has 0 saturated carbocycles. The van der Waals surface area contributed by atoms with Crippen molar-refractivity contribution in [2.24, 2.45) is 0 Å². The molecule has 2 heterocycles. The molecule has 2 aromatic rings. The third kappa shape index (κ3) is 2.04. The highest BCUT2D eigenvalue weighted by Gasteiger charge is 2.06. The van der Waals surface area contributed by atoms with E-state index in [-0.39, 0.29) is 0 Å². The number of aryl methyl sites for hydroxylation is 1. The average molecular weight is 234 g/mol. The van der Waals surface area contributed by atoms with Gasteiger partial charge in [-0.2, -0.15) is 5.10 Å². The molecule has 0 saturated heterocycles. The number of aromatic nitrogens is 4. The van der Waals surface area contributed by atoms with Gasteiger partial charge in [0.15, 0.2) is 0 Å². The lowest BCUT2D eigenvalue weighted by molar-refractivity contribution is 0.603. The lowest BCUT2D eigenvalue weighted by Gasteiger charge is -2.01. The van der Waals surface area contributed by atoms with E-state index >= 15 is 0 Å². The van der Waals surface area contributed by atoms with Crippen LogP contribution in [-0.2, 0) is 6.54 Å². The van der Waals surface area contributed by atoms with Gasteiger partial charge in [-0.25, -0.2) is 4.98 Å². The van der Waals surface area contributed by atoms with Crippen LogP contribution in [0.5, 0.6) is 0 Å². The maximum Gasteiger partial charge on any atom is 0.132 e. The number of H-pyrrole nitrogens is 1. The predicted octanol–water partition coefficient (Wildman–Crippen LogP) is 2.72. The summed E-state index contributed by atoms with van der Waals surface area (Å²) in [7, 11) is 0. The van der Waals surface area contributed by atoms with Gasteiger partial charge in [0.05, 0.1) is 18.2 Å². The zero-order chi connectivity index (χ0) is 11.5. The highest BCUT2D eigenvalue weighted by atomic mass is 32.1. The summed E-state index contributed by atoms with van der Waals surface area (Å²) < 4.78 is 2.57. The Hall–Kier alpha value is -1.49. The molecule has 0 spiro atoms. The summed E-state index contributed by atoms with van der Waals surface area (Å²) >= 11 is 5.14. The van der Waals surface area contributed by atoms with Gasteiger partial charge >= 0.3 is 0 Å². The van der Waals surface area contributed by atoms with E-state index in [0.717, 1.165) is 29.8 Å². The molecular weight excluding hydrogens is 220 g/mol. The van der Waals surface area contributed by atoms with Crippen molar-refractivity contribution in [3.8, 4) is 11.3 Å². The van der Waals surface area contributed by atoms with Crippen molar-refractivity contribution in [2.45, 2.75) is 26.8 Å². The van der Waals surface area contributed by atoms with Crippen LogP contribution in [0.3, 0.4) is 0 Å². The molecule has 2 aromatic heterocycles. The fourth-order valence-corrected chi connectivity index (χ4v) is 1.77. The van der Waals surface area contributed by atoms with Crippen molar-refractivity contribution in [3.05, 3.63) is 28.9 Å². The van der Waals surface area contributed by atoms with E-state index in [2.05, 4.69) is 22.0 Å². The SMILES string of the molecule is CCCn1cc(-c2[nH]cnc(=S)c2C)cn1. The Bertz CT molecular complexity index is 541. The van der Waals surface area contributed by atoms with Gasteiger partial charge < -0.3 is 4.98 Å². The third-order valence-electron chi connectivity index (χ3n) is 2.46. The van der Waals surface area contributed by atoms with Crippen LogP contribution < -0.4 is 0 Å². The monoisotopic (exact) mass is 234 g/mol. The molecule has 4 nitrogen and oxygen atoms in total. The second kappa shape index (κ2) is 4.57. The van der Waals surface area contributed by atoms with Gasteiger partial charge in [0.25, 0.3) is 0 Å². The van der Waals surface area contributed by atoms with Crippen LogP contribution in [0.4, 0.5) is 0 Å². The van der Waals surface area contributed by atoms with Gasteiger partial charge in [-0.1, -0.05) is 19.1 Å². The van der Waals surface area contributed by atoms with Crippen LogP contribution in [0, 0.1) is 11.6 Å². The number of rotatable bonds is 3. The zero-order valence-electron chi connectivity index (χ0n) is 9.40. The second-order valence-electron chi connectivity index (χ2n) is 3.70. The lowest BCUT2D eigenvalue weighted by Crippen LogP contribution is -1.95. The van der Waals surface area contributed by atoms with Crippen molar-refractivity contribution in [1.82, 2.24) is 19.7 Å². The number of nitrogens with zero attached hydrogens (tertiary/aromatic N) is 3. The maximum absolute atomic E-state index is 5.14. The smallest absolute Gasteiger partial charge is 0.132 e. The van der Waals surface area contributed by atoms with Gasteiger partial charge in [-0.05, 0) is 13.3 Å². The molecule has 0 bridgehead atoms. The first-order valence-corrected chi connectivity index (χ1v) is 5.70. The van der Waals surface area contributed by atoms with Crippen molar-refractivity contribution >= 4 is 12.2 Å². The van der Waals surface area contributed by atoms with Crippen LogP contribution in [0.25, 0.3) is 11.3 Å². The van der Waals surface area contributed by atoms with Gasteiger partial charge in [-0.3, -0.25) is 4.68 Å². The fraction of sp³-hybridized carbons (Fsp3) is 0.364. The first-order chi connectivity index (χ1) is 7.72. The summed E-state index contributed by atoms with van der Waals surface area (Å²) in [4.78, 5) is 7.16. The lowest BCUT2D eigenvalue weighted by atomic mass is 10.2. The van der Waals surface area contributed by atoms with Gasteiger partial charge in [-0.15, -0.1) is 0 Å². The van der Waals surface area contributed by atoms with E-state index in [1.165, 1.54) is 0 Å². The maximum atomic E-state index is 5.14. The summed E-state index contributed by atoms with van der Waals surface area (Å²) in [5.41, 5.74) is 3.05. The normalized spacial score (nSPS) is 10.6. The Labute approximate surface area is 99.4 Å². The van der Waals surface area contributed by atoms with Gasteiger partial charge in [0.1, 0.15) is 4.64 Å². The van der Waals surface area contributed by atoms with E-state index < -0.39 is 0 Å². The minimum absolute atomic E-state index is 0.636. The topological polar surface area (TPSA) is 46.5 Å². The second-order valence-corrected chi connectivity index (χ2v) is 4.09. The van der Waals surface area contributed by atoms with Gasteiger partial charge in [0.2, 0.25) is 0 Å². The number of hydrogen-bond donors (Lipinski definition) is 1. The minimum Gasteiger partial charge on any atom is -0.345 e. The molecule has 0 atom stereocenters. The molecule has 0 aliphatic rings. The van der Waals surface area contributed by atoms with Crippen LogP contribution >= 0.6 is 12.2 Å². The summed E-state index contributed by atoms with van der Waals surface area (Å²) in [5.74, 6) is 0. The Morgan fingerprint density at radius 2 is 2.31 bits per heavy atom. The van der Waals surface area contributed by atoms with Crippen molar-refractivity contribution in [3.63, 3.8) is 0 Å². The van der Waals surface area contributed by atoms with Crippen molar-refractivity contribution in [1.29, 1.82) is 0 Å². The molecule has 0 amide bonds. The molecule has 16 heavy (non-hydrogen) atoms. The molecule has 0 radical (unpaired) electrons. The average Bonchev–Trinajstić information content (AvgIpc) is 2.71. The molecule has 0 aliphatic heterocycles. The van der Waals surface area contributed by atoms with Crippen LogP contribution in [0.1, 0.15) is 18.9 Å². The Morgan fingerprint density at radius 1 is 1.50 bits per heavy atom. The summed E-state index contributed by atoms with van der Waals surface area (Å²) in [5, 5.41) is 4.30. The molecule has 0 fully saturated rings. The number of hydrogen-bond acceptors (Lipinski definition) is 3. The van der Waals surface area contributed by atoms with E-state index in [9.17, 15) is 0 Å². The van der Waals surface area contributed by atoms with Crippen LogP contribution in [-0.4, -0.2) is 19.7 Å². The molecule has 84 valence electrons. The quantitative estimate of drug-likeness (QED) is 0.831. The predicted molar refractivity (Wildman–Crippen MR) is 65.7 cm³/mol. The number of nitrogens with one attached hydrogen (secondary N) is 1. The van der Waals surface area contributed by atoms with Crippen molar-refractivity contribution in [2.75, 3.05) is 0 Å². The van der Waals surface area contributed by atoms with Crippen LogP contribution in [0.2, 0.25) is 0 Å². The Kier molecular flexibility index (Phi) is 3.14.